The number of aryl methyl sites for hydroxylation is 1. The Kier molecular flexibility index (Phi) is 4.68. The number of nitrogens with zero attached hydrogens (tertiary/aromatic N) is 1. The van der Waals surface area contributed by atoms with Crippen LogP contribution in [0.25, 0.3) is 0 Å². The maximum absolute atomic E-state index is 12.4. The molecule has 23 heavy (non-hydrogen) atoms. The van der Waals surface area contributed by atoms with Crippen LogP contribution in [0.1, 0.15) is 33.3 Å². The molecule has 0 bridgehead atoms. The monoisotopic (exact) mass is 329 g/mol. The van der Waals surface area contributed by atoms with Gasteiger partial charge in [-0.2, -0.15) is 0 Å². The van der Waals surface area contributed by atoms with Crippen molar-refractivity contribution >= 4 is 22.9 Å². The topological polar surface area (TPSA) is 58.4 Å². The summed E-state index contributed by atoms with van der Waals surface area (Å²) < 4.78 is 0. The SMILES string of the molecule is Cc1ccc(N)cc1C(=O)NCC(C)N1CCc2sccc2C1. The molecule has 0 spiro atoms. The molecule has 0 saturated carbocycles. The molecule has 1 amide bonds. The number of hydrogen-bond donors (Lipinski definition) is 2. The molecule has 3 rings (SSSR count). The molecule has 0 aliphatic carbocycles. The molecule has 5 heteroatoms. The lowest BCUT2D eigenvalue weighted by atomic mass is 10.1. The fourth-order valence-electron chi connectivity index (χ4n) is 3.00. The number of hydrogen-bond acceptors (Lipinski definition) is 4. The number of benzene rings is 1. The Morgan fingerprint density at radius 3 is 3.09 bits per heavy atom. The zero-order valence-electron chi connectivity index (χ0n) is 13.6. The molecule has 4 nitrogen and oxygen atoms in total. The van der Waals surface area contributed by atoms with Gasteiger partial charge in [0.1, 0.15) is 0 Å². The van der Waals surface area contributed by atoms with Crippen LogP contribution in [0.15, 0.2) is 29.6 Å². The van der Waals surface area contributed by atoms with Gasteiger partial charge in [-0.05, 0) is 55.0 Å². The van der Waals surface area contributed by atoms with E-state index < -0.39 is 0 Å². The minimum atomic E-state index is -0.0464. The number of nitrogen functional groups attached to an aromatic ring is 1. The van der Waals surface area contributed by atoms with Crippen LogP contribution in [0.4, 0.5) is 5.69 Å². The van der Waals surface area contributed by atoms with Crippen LogP contribution in [0, 0.1) is 6.92 Å². The molecule has 0 fully saturated rings. The van der Waals surface area contributed by atoms with Crippen LogP contribution < -0.4 is 11.1 Å². The number of carbonyl (C=O) groups excluding carboxylic acids is 1. The van der Waals surface area contributed by atoms with Crippen molar-refractivity contribution < 1.29 is 4.79 Å². The Labute approximate surface area is 141 Å². The first-order valence-electron chi connectivity index (χ1n) is 7.98. The van der Waals surface area contributed by atoms with Gasteiger partial charge in [0.05, 0.1) is 0 Å². The number of carbonyl (C=O) groups is 1. The molecule has 1 atom stereocenters. The molecule has 0 saturated heterocycles. The summed E-state index contributed by atoms with van der Waals surface area (Å²) in [5.74, 6) is -0.0464. The minimum absolute atomic E-state index is 0.0464. The van der Waals surface area contributed by atoms with E-state index in [4.69, 9.17) is 5.73 Å². The summed E-state index contributed by atoms with van der Waals surface area (Å²) >= 11 is 1.85. The standard InChI is InChI=1S/C18H23N3OS/c1-12-3-4-15(19)9-16(12)18(22)20-10-13(2)21-7-5-17-14(11-21)6-8-23-17/h3-4,6,8-9,13H,5,7,10-11,19H2,1-2H3,(H,20,22). The van der Waals surface area contributed by atoms with Gasteiger partial charge in [-0.3, -0.25) is 9.69 Å². The Morgan fingerprint density at radius 2 is 2.26 bits per heavy atom. The zero-order chi connectivity index (χ0) is 16.4. The highest BCUT2D eigenvalue weighted by molar-refractivity contribution is 7.10. The smallest absolute Gasteiger partial charge is 0.251 e. The highest BCUT2D eigenvalue weighted by atomic mass is 32.1. The van der Waals surface area contributed by atoms with Crippen molar-refractivity contribution in [3.8, 4) is 0 Å². The first kappa shape index (κ1) is 16.0. The second kappa shape index (κ2) is 6.72. The molecule has 1 aliphatic rings. The Morgan fingerprint density at radius 1 is 1.43 bits per heavy atom. The maximum atomic E-state index is 12.4. The molecule has 1 aliphatic heterocycles. The molecule has 2 heterocycles. The van der Waals surface area contributed by atoms with E-state index in [2.05, 4.69) is 28.6 Å². The third-order valence-electron chi connectivity index (χ3n) is 4.52. The molecule has 1 aromatic carbocycles. The van der Waals surface area contributed by atoms with Gasteiger partial charge >= 0.3 is 0 Å². The number of amides is 1. The van der Waals surface area contributed by atoms with E-state index in [1.165, 1.54) is 10.4 Å². The summed E-state index contributed by atoms with van der Waals surface area (Å²) in [6.07, 6.45) is 1.11. The predicted octanol–water partition coefficient (Wildman–Crippen LogP) is 2.82. The average Bonchev–Trinajstić information content (AvgIpc) is 3.02. The first-order valence-corrected chi connectivity index (χ1v) is 8.86. The largest absolute Gasteiger partial charge is 0.399 e. The number of thiophene rings is 1. The Hall–Kier alpha value is -1.85. The lowest BCUT2D eigenvalue weighted by molar-refractivity contribution is 0.0932. The van der Waals surface area contributed by atoms with Gasteiger partial charge in [0.25, 0.3) is 5.91 Å². The summed E-state index contributed by atoms with van der Waals surface area (Å²) in [6, 6.07) is 7.98. The summed E-state index contributed by atoms with van der Waals surface area (Å²) in [5, 5.41) is 5.22. The number of nitrogens with two attached hydrogens (primary N) is 1. The van der Waals surface area contributed by atoms with Gasteiger partial charge in [-0.25, -0.2) is 0 Å². The second-order valence-electron chi connectivity index (χ2n) is 6.22. The Balaban J connectivity index is 1.58. The fourth-order valence-corrected chi connectivity index (χ4v) is 3.89. The molecular formula is C18H23N3OS. The van der Waals surface area contributed by atoms with Crippen molar-refractivity contribution in [1.82, 2.24) is 10.2 Å². The fraction of sp³-hybridized carbons (Fsp3) is 0.389. The number of nitrogens with one attached hydrogen (secondary N) is 1. The van der Waals surface area contributed by atoms with Crippen molar-refractivity contribution in [2.45, 2.75) is 32.9 Å². The molecule has 3 N–H and O–H groups in total. The third kappa shape index (κ3) is 3.57. The summed E-state index contributed by atoms with van der Waals surface area (Å²) in [7, 11) is 0. The number of fused-ring (bicyclic) bond motifs is 1. The van der Waals surface area contributed by atoms with Crippen LogP contribution in [0.5, 0.6) is 0 Å². The maximum Gasteiger partial charge on any atom is 0.251 e. The molecule has 122 valence electrons. The third-order valence-corrected chi connectivity index (χ3v) is 5.55. The van der Waals surface area contributed by atoms with E-state index in [1.54, 1.807) is 6.07 Å². The van der Waals surface area contributed by atoms with E-state index >= 15 is 0 Å². The van der Waals surface area contributed by atoms with Gasteiger partial charge in [-0.15, -0.1) is 11.3 Å². The van der Waals surface area contributed by atoms with E-state index in [0.717, 1.165) is 25.1 Å². The molecular weight excluding hydrogens is 306 g/mol. The highest BCUT2D eigenvalue weighted by Gasteiger charge is 2.22. The van der Waals surface area contributed by atoms with E-state index in [-0.39, 0.29) is 5.91 Å². The van der Waals surface area contributed by atoms with Gasteiger partial charge < -0.3 is 11.1 Å². The van der Waals surface area contributed by atoms with Crippen molar-refractivity contribution in [3.63, 3.8) is 0 Å². The normalized spacial score (nSPS) is 15.9. The molecule has 0 radical (unpaired) electrons. The summed E-state index contributed by atoms with van der Waals surface area (Å²) in [6.45, 7) is 6.78. The van der Waals surface area contributed by atoms with Crippen LogP contribution in [0.3, 0.4) is 0 Å². The quantitative estimate of drug-likeness (QED) is 0.848. The van der Waals surface area contributed by atoms with E-state index in [0.29, 0.717) is 23.8 Å². The Bertz CT molecular complexity index is 710. The van der Waals surface area contributed by atoms with Crippen molar-refractivity contribution in [3.05, 3.63) is 51.2 Å². The minimum Gasteiger partial charge on any atom is -0.399 e. The molecule has 1 aromatic heterocycles. The lowest BCUT2D eigenvalue weighted by Gasteiger charge is -2.32. The molecule has 2 aromatic rings. The van der Waals surface area contributed by atoms with Gasteiger partial charge in [-0.1, -0.05) is 6.07 Å². The van der Waals surface area contributed by atoms with Crippen molar-refractivity contribution in [2.75, 3.05) is 18.8 Å². The van der Waals surface area contributed by atoms with E-state index in [1.807, 2.05) is 30.4 Å². The van der Waals surface area contributed by atoms with Crippen LogP contribution in [-0.4, -0.2) is 29.9 Å². The number of rotatable bonds is 4. The van der Waals surface area contributed by atoms with Crippen LogP contribution in [-0.2, 0) is 13.0 Å². The van der Waals surface area contributed by atoms with Crippen LogP contribution >= 0.6 is 11.3 Å². The van der Waals surface area contributed by atoms with Gasteiger partial charge in [0.2, 0.25) is 0 Å². The van der Waals surface area contributed by atoms with Gasteiger partial charge in [0, 0.05) is 41.8 Å². The first-order chi connectivity index (χ1) is 11.0. The second-order valence-corrected chi connectivity index (χ2v) is 7.22. The lowest BCUT2D eigenvalue weighted by Crippen LogP contribution is -2.44. The summed E-state index contributed by atoms with van der Waals surface area (Å²) in [5.41, 5.74) is 9.45. The van der Waals surface area contributed by atoms with Crippen LogP contribution in [0.2, 0.25) is 0 Å². The predicted molar refractivity (Wildman–Crippen MR) is 95.8 cm³/mol. The zero-order valence-corrected chi connectivity index (χ0v) is 14.5. The average molecular weight is 329 g/mol. The molecule has 1 unspecified atom stereocenters. The summed E-state index contributed by atoms with van der Waals surface area (Å²) in [4.78, 5) is 16.3. The number of anilines is 1. The highest BCUT2D eigenvalue weighted by Crippen LogP contribution is 2.25. The van der Waals surface area contributed by atoms with E-state index in [9.17, 15) is 4.79 Å². The van der Waals surface area contributed by atoms with Crippen molar-refractivity contribution in [1.29, 1.82) is 0 Å². The van der Waals surface area contributed by atoms with Gasteiger partial charge in [0.15, 0.2) is 0 Å². The van der Waals surface area contributed by atoms with Crippen molar-refractivity contribution in [2.24, 2.45) is 0 Å².